The number of nitrogens with zero attached hydrogens (tertiary/aromatic N) is 2. The fourth-order valence-electron chi connectivity index (χ4n) is 11.2. The Balaban J connectivity index is 1.25. The van der Waals surface area contributed by atoms with E-state index in [2.05, 4.69) is 46.9 Å². The van der Waals surface area contributed by atoms with Crippen molar-refractivity contribution in [2.75, 3.05) is 19.6 Å². The molecule has 2 aliphatic heterocycles. The van der Waals surface area contributed by atoms with Crippen molar-refractivity contribution in [2.45, 2.75) is 181 Å². The van der Waals surface area contributed by atoms with Crippen molar-refractivity contribution in [3.63, 3.8) is 0 Å². The molecule has 12 nitrogen and oxygen atoms in total. The van der Waals surface area contributed by atoms with Crippen LogP contribution in [0, 0.1) is 27.6 Å². The van der Waals surface area contributed by atoms with Gasteiger partial charge in [0, 0.05) is 18.0 Å². The third-order valence-electron chi connectivity index (χ3n) is 14.9. The minimum Gasteiger partial charge on any atom is -0.347 e. The molecule has 6 rings (SSSR count). The molecule has 6 aliphatic rings. The monoisotopic (exact) mass is 753 g/mol. The average molecular weight is 753 g/mol. The van der Waals surface area contributed by atoms with Gasteiger partial charge < -0.3 is 26.2 Å². The third-order valence-corrected chi connectivity index (χ3v) is 14.9. The molecule has 0 bridgehead atoms. The molecule has 302 valence electrons. The topological polar surface area (TPSA) is 157 Å². The number of likely N-dealkylation sites (tertiary alicyclic amines) is 2. The molecule has 4 N–H and O–H groups in total. The number of carbonyl (C=O) groups excluding carboxylic acids is 6. The van der Waals surface area contributed by atoms with E-state index in [1.165, 1.54) is 0 Å². The summed E-state index contributed by atoms with van der Waals surface area (Å²) in [6.45, 7) is 16.3. The van der Waals surface area contributed by atoms with Crippen LogP contribution in [0.15, 0.2) is 0 Å². The van der Waals surface area contributed by atoms with Crippen LogP contribution in [0.4, 0.5) is 0 Å². The van der Waals surface area contributed by atoms with Crippen LogP contribution in [-0.2, 0) is 28.8 Å². The highest BCUT2D eigenvalue weighted by atomic mass is 16.2. The molecule has 0 radical (unpaired) electrons. The fraction of sp³-hybridized carbons (Fsp3) is 0.857. The minimum atomic E-state index is -0.985. The lowest BCUT2D eigenvalue weighted by Crippen LogP contribution is -2.62. The molecule has 6 atom stereocenters. The molecule has 6 fully saturated rings. The van der Waals surface area contributed by atoms with Gasteiger partial charge in [-0.1, -0.05) is 80.6 Å². The first-order valence-electron chi connectivity index (χ1n) is 21.3. The smallest absolute Gasteiger partial charge is 0.289 e. The second-order valence-electron chi connectivity index (χ2n) is 19.3. The normalized spacial score (nSPS) is 29.2. The second-order valence-corrected chi connectivity index (χ2v) is 19.3. The van der Waals surface area contributed by atoms with Gasteiger partial charge in [-0.2, -0.15) is 0 Å². The van der Waals surface area contributed by atoms with Crippen molar-refractivity contribution in [3.05, 3.63) is 0 Å². The summed E-state index contributed by atoms with van der Waals surface area (Å²) in [6.07, 6.45) is 12.7. The maximum Gasteiger partial charge on any atom is 0.289 e. The Labute approximate surface area is 322 Å². The van der Waals surface area contributed by atoms with Gasteiger partial charge >= 0.3 is 0 Å². The first-order valence-corrected chi connectivity index (χ1v) is 21.3. The number of fused-ring (bicyclic) bond motifs is 1. The molecular formula is C42H68N6O6. The number of nitrogens with one attached hydrogen (secondary N) is 4. The van der Waals surface area contributed by atoms with E-state index >= 15 is 4.79 Å². The van der Waals surface area contributed by atoms with Crippen LogP contribution in [0.25, 0.3) is 0 Å². The van der Waals surface area contributed by atoms with Gasteiger partial charge in [0.2, 0.25) is 29.4 Å². The summed E-state index contributed by atoms with van der Waals surface area (Å²) in [5.74, 6) is -2.57. The molecule has 0 unspecified atom stereocenters. The quantitative estimate of drug-likeness (QED) is 0.196. The SMILES string of the molecule is CCC[C@H](NC(=O)[C@@H]1C[C@@]2(CN1C(=O)[C@@H](NC(=O)[C@@H](NC(=O)[C@H]1CCCN1CC)C1CCCCC1)C(C)(C)C)C(C)(C)C21CCC1)C(=O)C(=O)NC1CC1. The maximum atomic E-state index is 15.1. The van der Waals surface area contributed by atoms with Crippen LogP contribution >= 0.6 is 0 Å². The van der Waals surface area contributed by atoms with Crippen molar-refractivity contribution >= 4 is 35.3 Å². The van der Waals surface area contributed by atoms with Crippen LogP contribution in [0.2, 0.25) is 0 Å². The van der Waals surface area contributed by atoms with Crippen LogP contribution in [0.3, 0.4) is 0 Å². The predicted octanol–water partition coefficient (Wildman–Crippen LogP) is 4.00. The molecule has 12 heteroatoms. The highest BCUT2D eigenvalue weighted by Crippen LogP contribution is 2.88. The van der Waals surface area contributed by atoms with Crippen LogP contribution in [0.1, 0.15) is 145 Å². The van der Waals surface area contributed by atoms with Crippen LogP contribution in [0.5, 0.6) is 0 Å². The molecule has 0 aromatic carbocycles. The van der Waals surface area contributed by atoms with E-state index in [-0.39, 0.29) is 52.0 Å². The van der Waals surface area contributed by atoms with Gasteiger partial charge in [-0.05, 0) is 99.5 Å². The van der Waals surface area contributed by atoms with E-state index in [1.807, 2.05) is 27.7 Å². The van der Waals surface area contributed by atoms with E-state index in [4.69, 9.17) is 0 Å². The first-order chi connectivity index (χ1) is 25.5. The zero-order valence-corrected chi connectivity index (χ0v) is 34.1. The average Bonchev–Trinajstić information content (AvgIpc) is 3.79. The Bertz CT molecular complexity index is 1480. The zero-order chi connectivity index (χ0) is 39.2. The molecule has 4 aliphatic carbocycles. The largest absolute Gasteiger partial charge is 0.347 e. The lowest BCUT2D eigenvalue weighted by atomic mass is 9.73. The van der Waals surface area contributed by atoms with Gasteiger partial charge in [-0.25, -0.2) is 0 Å². The van der Waals surface area contributed by atoms with Crippen LogP contribution in [-0.4, -0.2) is 101 Å². The molecular weight excluding hydrogens is 684 g/mol. The number of hydrogen-bond donors (Lipinski definition) is 4. The zero-order valence-electron chi connectivity index (χ0n) is 34.1. The van der Waals surface area contributed by atoms with Gasteiger partial charge in [0.25, 0.3) is 5.91 Å². The number of carbonyl (C=O) groups is 6. The van der Waals surface area contributed by atoms with E-state index in [0.717, 1.165) is 90.1 Å². The van der Waals surface area contributed by atoms with Crippen LogP contribution < -0.4 is 21.3 Å². The Kier molecular flexibility index (Phi) is 11.7. The maximum absolute atomic E-state index is 15.1. The highest BCUT2D eigenvalue weighted by molar-refractivity contribution is 6.38. The Morgan fingerprint density at radius 3 is 2.00 bits per heavy atom. The summed E-state index contributed by atoms with van der Waals surface area (Å²) in [6, 6.07) is -3.81. The molecule has 5 amide bonds. The molecule has 2 spiro atoms. The van der Waals surface area contributed by atoms with Gasteiger partial charge in [-0.15, -0.1) is 0 Å². The van der Waals surface area contributed by atoms with Crippen molar-refractivity contribution in [3.8, 4) is 0 Å². The molecule has 0 aromatic rings. The number of rotatable bonds is 14. The van der Waals surface area contributed by atoms with Crippen molar-refractivity contribution in [1.29, 1.82) is 0 Å². The molecule has 2 heterocycles. The van der Waals surface area contributed by atoms with E-state index in [9.17, 15) is 24.0 Å². The van der Waals surface area contributed by atoms with Crippen molar-refractivity contribution in [1.82, 2.24) is 31.1 Å². The number of amides is 5. The Morgan fingerprint density at radius 2 is 1.44 bits per heavy atom. The summed E-state index contributed by atoms with van der Waals surface area (Å²) < 4.78 is 0. The molecule has 2 saturated heterocycles. The standard InChI is InChI=1S/C42H68N6O6/c1-8-15-28(32(49)37(53)43-27-19-20-27)44-35(51)30-24-42(40(6,7)41(42)21-14-22-41)25-48(30)38(54)33(39(3,4)5)46-36(52)31(26-16-11-10-12-17-26)45-34(50)29-18-13-23-47(29)9-2/h26-31,33H,8-25H2,1-7H3,(H,43,53)(H,44,51)(H,45,50)(H,46,52)/t28-,29+,30-,31-,33+,42+/m0/s1. The molecule has 0 aromatic heterocycles. The number of ketones is 1. The summed E-state index contributed by atoms with van der Waals surface area (Å²) >= 11 is 0. The fourth-order valence-corrected chi connectivity index (χ4v) is 11.2. The molecule has 54 heavy (non-hydrogen) atoms. The summed E-state index contributed by atoms with van der Waals surface area (Å²) in [4.78, 5) is 87.7. The summed E-state index contributed by atoms with van der Waals surface area (Å²) in [7, 11) is 0. The number of likely N-dealkylation sites (N-methyl/N-ethyl adjacent to an activating group) is 1. The van der Waals surface area contributed by atoms with Gasteiger partial charge in [0.1, 0.15) is 18.1 Å². The van der Waals surface area contributed by atoms with Gasteiger partial charge in [-0.3, -0.25) is 33.7 Å². The van der Waals surface area contributed by atoms with Crippen molar-refractivity contribution < 1.29 is 28.8 Å². The lowest BCUT2D eigenvalue weighted by Gasteiger charge is -2.38. The van der Waals surface area contributed by atoms with Crippen molar-refractivity contribution in [2.24, 2.45) is 27.6 Å². The van der Waals surface area contributed by atoms with Gasteiger partial charge in [0.05, 0.1) is 12.1 Å². The molecule has 4 saturated carbocycles. The van der Waals surface area contributed by atoms with E-state index in [0.29, 0.717) is 25.8 Å². The van der Waals surface area contributed by atoms with Gasteiger partial charge in [0.15, 0.2) is 0 Å². The number of hydrogen-bond acceptors (Lipinski definition) is 7. The first kappa shape index (κ1) is 40.6. The van der Waals surface area contributed by atoms with E-state index < -0.39 is 47.2 Å². The van der Waals surface area contributed by atoms with E-state index in [1.54, 1.807) is 4.90 Å². The predicted molar refractivity (Wildman–Crippen MR) is 206 cm³/mol. The summed E-state index contributed by atoms with van der Waals surface area (Å²) in [5.41, 5.74) is -1.02. The lowest BCUT2D eigenvalue weighted by molar-refractivity contribution is -0.145. The minimum absolute atomic E-state index is 0.0160. The Morgan fingerprint density at radius 1 is 0.778 bits per heavy atom. The highest BCUT2D eigenvalue weighted by Gasteiger charge is 2.85. The third kappa shape index (κ3) is 7.34. The number of Topliss-reactive ketones (excluding diaryl/α,β-unsaturated/α-hetero) is 1. The Hall–Kier alpha value is -3.02. The summed E-state index contributed by atoms with van der Waals surface area (Å²) in [5, 5.41) is 12.0. The second kappa shape index (κ2) is 15.5.